The molecule has 1 unspecified atom stereocenters. The third kappa shape index (κ3) is 3.95. The standard InChI is InChI=1S/C24H24N4O3S/c1-3-18(5-4-12-25-16-29)20-10-13-26-22-15-27-24-21(23(20)22)11-14-28(24)32(30,31)19-8-6-17(2)7-9-19/h6-11,13-15,18H,3-5,12H2,1-2H3. The van der Waals surface area contributed by atoms with E-state index in [9.17, 15) is 13.2 Å². The van der Waals surface area contributed by atoms with Crippen LogP contribution in [-0.2, 0) is 14.8 Å². The average molecular weight is 449 g/mol. The number of hydrogen-bond donors (Lipinski definition) is 0. The Morgan fingerprint density at radius 2 is 1.91 bits per heavy atom. The molecule has 8 heteroatoms. The predicted molar refractivity (Wildman–Crippen MR) is 124 cm³/mol. The number of carbonyl (C=O) groups excluding carboxylic acids is 1. The van der Waals surface area contributed by atoms with Crippen molar-refractivity contribution in [1.82, 2.24) is 13.9 Å². The lowest BCUT2D eigenvalue weighted by Crippen LogP contribution is -2.12. The molecule has 0 aliphatic heterocycles. The van der Waals surface area contributed by atoms with Crippen LogP contribution in [0, 0.1) is 6.92 Å². The number of aromatic nitrogens is 3. The van der Waals surface area contributed by atoms with Crippen LogP contribution in [0.1, 0.15) is 43.2 Å². The second-order valence-electron chi connectivity index (χ2n) is 7.81. The van der Waals surface area contributed by atoms with Gasteiger partial charge < -0.3 is 0 Å². The summed E-state index contributed by atoms with van der Waals surface area (Å²) < 4.78 is 27.8. The molecule has 0 saturated carbocycles. The van der Waals surface area contributed by atoms with Crippen molar-refractivity contribution in [2.45, 2.75) is 43.9 Å². The van der Waals surface area contributed by atoms with E-state index >= 15 is 0 Å². The van der Waals surface area contributed by atoms with E-state index in [1.54, 1.807) is 55.0 Å². The molecule has 7 nitrogen and oxygen atoms in total. The smallest absolute Gasteiger partial charge is 0.255 e. The first-order valence-electron chi connectivity index (χ1n) is 10.6. The van der Waals surface area contributed by atoms with Gasteiger partial charge in [-0.2, -0.15) is 0 Å². The van der Waals surface area contributed by atoms with Crippen LogP contribution in [0.3, 0.4) is 0 Å². The summed E-state index contributed by atoms with van der Waals surface area (Å²) >= 11 is 0. The van der Waals surface area contributed by atoms with E-state index in [0.717, 1.165) is 46.7 Å². The number of nitrogens with zero attached hydrogens (tertiary/aromatic N) is 4. The highest BCUT2D eigenvalue weighted by atomic mass is 32.2. The molecule has 3 heterocycles. The van der Waals surface area contributed by atoms with Crippen LogP contribution in [0.4, 0.5) is 0 Å². The number of aliphatic imine (C=N–C) groups is 1. The number of benzene rings is 1. The van der Waals surface area contributed by atoms with Gasteiger partial charge in [0.05, 0.1) is 23.2 Å². The summed E-state index contributed by atoms with van der Waals surface area (Å²) in [5, 5.41) is 1.67. The van der Waals surface area contributed by atoms with Crippen LogP contribution in [0.25, 0.3) is 21.9 Å². The minimum atomic E-state index is -3.78. The van der Waals surface area contributed by atoms with Gasteiger partial charge in [-0.05, 0) is 61.9 Å². The van der Waals surface area contributed by atoms with Crippen LogP contribution in [0.15, 0.2) is 64.9 Å². The normalized spacial score (nSPS) is 12.7. The minimum absolute atomic E-state index is 0.219. The fourth-order valence-electron chi connectivity index (χ4n) is 4.13. The molecule has 0 spiro atoms. The Bertz CT molecular complexity index is 1420. The lowest BCUT2D eigenvalue weighted by Gasteiger charge is -2.17. The summed E-state index contributed by atoms with van der Waals surface area (Å²) in [5.74, 6) is 0.227. The topological polar surface area (TPSA) is 94.3 Å². The molecule has 1 aromatic carbocycles. The fraction of sp³-hybridized carbons (Fsp3) is 0.292. The molecule has 3 aromatic heterocycles. The van der Waals surface area contributed by atoms with Crippen LogP contribution in [0.5, 0.6) is 0 Å². The Hall–Kier alpha value is -3.35. The predicted octanol–water partition coefficient (Wildman–Crippen LogP) is 4.74. The number of aryl methyl sites for hydroxylation is 1. The minimum Gasteiger partial charge on any atom is -0.255 e. The SMILES string of the molecule is CCC(CCCN=C=O)c1ccnc2cnc3c(ccn3S(=O)(=O)c3ccc(C)cc3)c12. The first-order valence-corrected chi connectivity index (χ1v) is 12.0. The average Bonchev–Trinajstić information content (AvgIpc) is 3.24. The largest absolute Gasteiger partial charge is 0.269 e. The van der Waals surface area contributed by atoms with Gasteiger partial charge in [-0.1, -0.05) is 24.6 Å². The van der Waals surface area contributed by atoms with E-state index in [1.165, 1.54) is 3.97 Å². The van der Waals surface area contributed by atoms with Crippen molar-refractivity contribution in [2.24, 2.45) is 4.99 Å². The number of isocyanates is 1. The molecular formula is C24H24N4O3S. The maximum absolute atomic E-state index is 13.3. The highest BCUT2D eigenvalue weighted by Crippen LogP contribution is 2.35. The van der Waals surface area contributed by atoms with Gasteiger partial charge in [-0.25, -0.2) is 27.2 Å². The Morgan fingerprint density at radius 1 is 1.12 bits per heavy atom. The lowest BCUT2D eigenvalue weighted by atomic mass is 9.89. The molecule has 0 aliphatic rings. The zero-order valence-corrected chi connectivity index (χ0v) is 18.8. The summed E-state index contributed by atoms with van der Waals surface area (Å²) in [6.45, 7) is 4.48. The summed E-state index contributed by atoms with van der Waals surface area (Å²) in [7, 11) is -3.78. The Balaban J connectivity index is 1.85. The summed E-state index contributed by atoms with van der Waals surface area (Å²) in [5.41, 5.74) is 3.20. The van der Waals surface area contributed by atoms with Crippen molar-refractivity contribution in [2.75, 3.05) is 6.54 Å². The number of rotatable bonds is 8. The van der Waals surface area contributed by atoms with Crippen LogP contribution < -0.4 is 0 Å². The van der Waals surface area contributed by atoms with Crippen molar-refractivity contribution in [3.8, 4) is 0 Å². The van der Waals surface area contributed by atoms with Crippen LogP contribution >= 0.6 is 0 Å². The number of fused-ring (bicyclic) bond motifs is 3. The maximum Gasteiger partial charge on any atom is 0.269 e. The zero-order valence-electron chi connectivity index (χ0n) is 18.0. The molecule has 0 fully saturated rings. The Labute approximate surface area is 186 Å². The molecule has 0 amide bonds. The molecule has 164 valence electrons. The van der Waals surface area contributed by atoms with Gasteiger partial charge in [0.1, 0.15) is 0 Å². The molecule has 0 radical (unpaired) electrons. The van der Waals surface area contributed by atoms with Gasteiger partial charge in [0.2, 0.25) is 6.08 Å². The third-order valence-corrected chi connectivity index (χ3v) is 7.50. The highest BCUT2D eigenvalue weighted by Gasteiger charge is 2.22. The second-order valence-corrected chi connectivity index (χ2v) is 9.62. The molecule has 4 rings (SSSR count). The van der Waals surface area contributed by atoms with Crippen molar-refractivity contribution >= 4 is 38.0 Å². The van der Waals surface area contributed by atoms with Gasteiger partial charge in [0.15, 0.2) is 5.65 Å². The molecule has 0 bridgehead atoms. The van der Waals surface area contributed by atoms with Crippen LogP contribution in [0.2, 0.25) is 0 Å². The van der Waals surface area contributed by atoms with Crippen molar-refractivity contribution in [3.05, 3.63) is 66.1 Å². The quantitative estimate of drug-likeness (QED) is 0.220. The van der Waals surface area contributed by atoms with Crippen molar-refractivity contribution in [3.63, 3.8) is 0 Å². The zero-order chi connectivity index (χ0) is 22.7. The van der Waals surface area contributed by atoms with Crippen LogP contribution in [-0.4, -0.2) is 35.0 Å². The Kier molecular flexibility index (Phi) is 6.17. The molecule has 4 aromatic rings. The summed E-state index contributed by atoms with van der Waals surface area (Å²) in [6, 6.07) is 10.6. The van der Waals surface area contributed by atoms with Crippen molar-refractivity contribution in [1.29, 1.82) is 0 Å². The summed E-state index contributed by atoms with van der Waals surface area (Å²) in [6.07, 6.45) is 9.06. The third-order valence-electron chi connectivity index (χ3n) is 5.81. The molecular weight excluding hydrogens is 424 g/mol. The maximum atomic E-state index is 13.3. The summed E-state index contributed by atoms with van der Waals surface area (Å²) in [4.78, 5) is 23.1. The van der Waals surface area contributed by atoms with E-state index in [0.29, 0.717) is 12.2 Å². The van der Waals surface area contributed by atoms with Gasteiger partial charge in [0.25, 0.3) is 10.0 Å². The molecule has 32 heavy (non-hydrogen) atoms. The number of hydrogen-bond acceptors (Lipinski definition) is 6. The fourth-order valence-corrected chi connectivity index (χ4v) is 5.44. The molecule has 0 N–H and O–H groups in total. The second kappa shape index (κ2) is 9.02. The van der Waals surface area contributed by atoms with Gasteiger partial charge in [-0.15, -0.1) is 0 Å². The van der Waals surface area contributed by atoms with E-state index in [1.807, 2.05) is 13.0 Å². The van der Waals surface area contributed by atoms with Crippen molar-refractivity contribution < 1.29 is 13.2 Å². The first kappa shape index (κ1) is 21.9. The van der Waals surface area contributed by atoms with E-state index in [4.69, 9.17) is 0 Å². The van der Waals surface area contributed by atoms with E-state index < -0.39 is 10.0 Å². The van der Waals surface area contributed by atoms with Gasteiger partial charge in [-0.3, -0.25) is 4.98 Å². The number of pyridine rings is 2. The first-order chi connectivity index (χ1) is 15.5. The molecule has 0 saturated heterocycles. The van der Waals surface area contributed by atoms with E-state index in [-0.39, 0.29) is 10.8 Å². The molecule has 0 aliphatic carbocycles. The van der Waals surface area contributed by atoms with Gasteiger partial charge in [0, 0.05) is 23.2 Å². The lowest BCUT2D eigenvalue weighted by molar-refractivity contribution is 0.556. The van der Waals surface area contributed by atoms with E-state index in [2.05, 4.69) is 21.9 Å². The highest BCUT2D eigenvalue weighted by molar-refractivity contribution is 7.90. The monoisotopic (exact) mass is 448 g/mol. The Morgan fingerprint density at radius 3 is 2.62 bits per heavy atom. The van der Waals surface area contributed by atoms with Gasteiger partial charge >= 0.3 is 0 Å². The molecule has 1 atom stereocenters.